The van der Waals surface area contributed by atoms with E-state index in [1.807, 2.05) is 6.20 Å². The maximum absolute atomic E-state index is 14.1. The number of hydrogen-bond acceptors (Lipinski definition) is 4. The van der Waals surface area contributed by atoms with Gasteiger partial charge in [0.2, 0.25) is 5.91 Å². The van der Waals surface area contributed by atoms with E-state index in [1.165, 1.54) is 43.2 Å². The monoisotopic (exact) mass is 569 g/mol. The van der Waals surface area contributed by atoms with Gasteiger partial charge in [0.25, 0.3) is 0 Å². The third-order valence-electron chi connectivity index (χ3n) is 10.1. The van der Waals surface area contributed by atoms with Crippen LogP contribution in [0.1, 0.15) is 93.7 Å². The molecule has 2 aliphatic carbocycles. The quantitative estimate of drug-likeness (QED) is 0.275. The molecule has 6 nitrogen and oxygen atoms in total. The summed E-state index contributed by atoms with van der Waals surface area (Å²) in [6.07, 6.45) is 16.5. The van der Waals surface area contributed by atoms with Crippen molar-refractivity contribution in [3.8, 4) is 16.9 Å². The minimum atomic E-state index is 0.150. The first kappa shape index (κ1) is 29.0. The lowest BCUT2D eigenvalue weighted by molar-refractivity contribution is -0.123. The van der Waals surface area contributed by atoms with Crippen LogP contribution in [0.15, 0.2) is 54.9 Å². The number of ether oxygens (including phenoxy) is 2. The number of aryl methyl sites for hydroxylation is 1. The van der Waals surface area contributed by atoms with Gasteiger partial charge in [0.15, 0.2) is 0 Å². The third-order valence-corrected chi connectivity index (χ3v) is 10.1. The molecule has 2 aromatic carbocycles. The van der Waals surface area contributed by atoms with Crippen molar-refractivity contribution in [3.63, 3.8) is 0 Å². The molecule has 0 atom stereocenters. The Morgan fingerprint density at radius 3 is 2.48 bits per heavy atom. The van der Waals surface area contributed by atoms with E-state index >= 15 is 0 Å². The zero-order valence-electron chi connectivity index (χ0n) is 25.5. The van der Waals surface area contributed by atoms with Gasteiger partial charge in [-0.25, -0.2) is 0 Å². The Balaban J connectivity index is 1.18. The molecule has 1 aromatic heterocycles. The van der Waals surface area contributed by atoms with Crippen molar-refractivity contribution < 1.29 is 14.3 Å². The molecule has 3 fully saturated rings. The summed E-state index contributed by atoms with van der Waals surface area (Å²) < 4.78 is 13.1. The first-order valence-electron chi connectivity index (χ1n) is 16.3. The SMILES string of the molecule is COc1ccc([C@H]2CC[C@H](CN(C(=O)C3CCCCC3)c3cccc(-c4cnn(C5CCOCC5)c4)c3)CC2)cc1C. The molecule has 0 radical (unpaired) electrons. The molecule has 42 heavy (non-hydrogen) atoms. The smallest absolute Gasteiger partial charge is 0.230 e. The first-order chi connectivity index (χ1) is 20.6. The summed E-state index contributed by atoms with van der Waals surface area (Å²) in [6, 6.07) is 15.7. The molecular weight excluding hydrogens is 522 g/mol. The second-order valence-corrected chi connectivity index (χ2v) is 12.8. The lowest BCUT2D eigenvalue weighted by atomic mass is 9.78. The third kappa shape index (κ3) is 6.59. The number of amides is 1. The summed E-state index contributed by atoms with van der Waals surface area (Å²) in [5, 5.41) is 4.71. The summed E-state index contributed by atoms with van der Waals surface area (Å²) >= 11 is 0. The van der Waals surface area contributed by atoms with Crippen LogP contribution in [-0.2, 0) is 9.53 Å². The second kappa shape index (κ2) is 13.5. The van der Waals surface area contributed by atoms with Crippen molar-refractivity contribution in [1.29, 1.82) is 0 Å². The standard InChI is InChI=1S/C36H47N3O3/c1-26-21-31(15-16-35(26)41-2)28-13-11-27(12-14-28)24-38(36(40)29-7-4-3-5-8-29)34-10-6-9-30(22-34)32-23-37-39(25-32)33-17-19-42-20-18-33/h6,9-10,15-16,21-23,25,27-29,33H,3-5,7-8,11-14,17-20,24H2,1-2H3/t27-,28-. The van der Waals surface area contributed by atoms with Crippen LogP contribution in [0, 0.1) is 18.8 Å². The first-order valence-corrected chi connectivity index (χ1v) is 16.3. The summed E-state index contributed by atoms with van der Waals surface area (Å²) in [5.41, 5.74) is 5.92. The van der Waals surface area contributed by atoms with Crippen LogP contribution in [0.2, 0.25) is 0 Å². The summed E-state index contributed by atoms with van der Waals surface area (Å²) in [7, 11) is 1.74. The highest BCUT2D eigenvalue weighted by atomic mass is 16.5. The van der Waals surface area contributed by atoms with Crippen LogP contribution in [0.25, 0.3) is 11.1 Å². The molecular formula is C36H47N3O3. The van der Waals surface area contributed by atoms with Crippen molar-refractivity contribution in [2.45, 2.75) is 89.5 Å². The van der Waals surface area contributed by atoms with Gasteiger partial charge in [-0.1, -0.05) is 43.5 Å². The summed E-state index contributed by atoms with van der Waals surface area (Å²) in [4.78, 5) is 16.3. The van der Waals surface area contributed by atoms with Crippen molar-refractivity contribution in [3.05, 3.63) is 66.0 Å². The number of carbonyl (C=O) groups excluding carboxylic acids is 1. The normalized spacial score (nSPS) is 22.1. The predicted octanol–water partition coefficient (Wildman–Crippen LogP) is 8.11. The van der Waals surface area contributed by atoms with Gasteiger partial charge < -0.3 is 14.4 Å². The molecule has 1 saturated heterocycles. The minimum Gasteiger partial charge on any atom is -0.496 e. The lowest BCUT2D eigenvalue weighted by Gasteiger charge is -2.35. The fourth-order valence-corrected chi connectivity index (χ4v) is 7.47. The van der Waals surface area contributed by atoms with Crippen LogP contribution in [0.4, 0.5) is 5.69 Å². The zero-order valence-corrected chi connectivity index (χ0v) is 25.5. The van der Waals surface area contributed by atoms with Crippen LogP contribution in [0.3, 0.4) is 0 Å². The number of nitrogens with zero attached hydrogens (tertiary/aromatic N) is 3. The Labute approximate surface area is 251 Å². The van der Waals surface area contributed by atoms with Gasteiger partial charge in [-0.15, -0.1) is 0 Å². The molecule has 1 amide bonds. The van der Waals surface area contributed by atoms with Gasteiger partial charge in [0.05, 0.1) is 19.3 Å². The second-order valence-electron chi connectivity index (χ2n) is 12.8. The van der Waals surface area contributed by atoms with Crippen LogP contribution < -0.4 is 9.64 Å². The molecule has 3 aromatic rings. The van der Waals surface area contributed by atoms with Gasteiger partial charge in [0.1, 0.15) is 5.75 Å². The molecule has 0 unspecified atom stereocenters. The van der Waals surface area contributed by atoms with E-state index in [9.17, 15) is 4.79 Å². The molecule has 6 rings (SSSR count). The number of rotatable bonds is 8. The average molecular weight is 570 g/mol. The van der Waals surface area contributed by atoms with Gasteiger partial charge >= 0.3 is 0 Å². The molecule has 0 bridgehead atoms. The van der Waals surface area contributed by atoms with Crippen LogP contribution >= 0.6 is 0 Å². The van der Waals surface area contributed by atoms with Gasteiger partial charge in [0, 0.05) is 43.1 Å². The fraction of sp³-hybridized carbons (Fsp3) is 0.556. The largest absolute Gasteiger partial charge is 0.496 e. The van der Waals surface area contributed by atoms with E-state index in [4.69, 9.17) is 14.6 Å². The Morgan fingerprint density at radius 2 is 1.74 bits per heavy atom. The molecule has 0 spiro atoms. The number of benzene rings is 2. The van der Waals surface area contributed by atoms with Gasteiger partial charge in [-0.3, -0.25) is 9.48 Å². The molecule has 0 N–H and O–H groups in total. The number of carbonyl (C=O) groups is 1. The number of methoxy groups -OCH3 is 1. The van der Waals surface area contributed by atoms with E-state index in [0.717, 1.165) is 80.8 Å². The minimum absolute atomic E-state index is 0.150. The van der Waals surface area contributed by atoms with Crippen molar-refractivity contribution >= 4 is 11.6 Å². The Kier molecular flexibility index (Phi) is 9.28. The van der Waals surface area contributed by atoms with E-state index in [2.05, 4.69) is 65.2 Å². The van der Waals surface area contributed by atoms with Crippen molar-refractivity contribution in [1.82, 2.24) is 9.78 Å². The van der Waals surface area contributed by atoms with Gasteiger partial charge in [-0.05, 0) is 105 Å². The highest BCUT2D eigenvalue weighted by Crippen LogP contribution is 2.39. The lowest BCUT2D eigenvalue weighted by Crippen LogP contribution is -2.41. The topological polar surface area (TPSA) is 56.6 Å². The maximum Gasteiger partial charge on any atom is 0.230 e. The number of anilines is 1. The number of aromatic nitrogens is 2. The van der Waals surface area contributed by atoms with Crippen molar-refractivity contribution in [2.24, 2.45) is 11.8 Å². The fourth-order valence-electron chi connectivity index (χ4n) is 7.47. The molecule has 3 aliphatic rings. The average Bonchev–Trinajstić information content (AvgIpc) is 3.55. The highest BCUT2D eigenvalue weighted by molar-refractivity contribution is 5.95. The van der Waals surface area contributed by atoms with Crippen molar-refractivity contribution in [2.75, 3.05) is 31.8 Å². The van der Waals surface area contributed by atoms with E-state index in [0.29, 0.717) is 23.8 Å². The highest BCUT2D eigenvalue weighted by Gasteiger charge is 2.31. The zero-order chi connectivity index (χ0) is 28.9. The van der Waals surface area contributed by atoms with Crippen LogP contribution in [0.5, 0.6) is 5.75 Å². The molecule has 2 heterocycles. The Morgan fingerprint density at radius 1 is 0.952 bits per heavy atom. The molecule has 2 saturated carbocycles. The van der Waals surface area contributed by atoms with E-state index in [-0.39, 0.29) is 5.92 Å². The summed E-state index contributed by atoms with van der Waals surface area (Å²) in [5.74, 6) is 2.55. The molecule has 6 heteroatoms. The Bertz CT molecular complexity index is 1330. The van der Waals surface area contributed by atoms with E-state index in [1.54, 1.807) is 7.11 Å². The van der Waals surface area contributed by atoms with E-state index < -0.39 is 0 Å². The van der Waals surface area contributed by atoms with Gasteiger partial charge in [-0.2, -0.15) is 5.10 Å². The predicted molar refractivity (Wildman–Crippen MR) is 168 cm³/mol. The van der Waals surface area contributed by atoms with Crippen LogP contribution in [-0.4, -0.2) is 42.6 Å². The molecule has 224 valence electrons. The Hall–Kier alpha value is -3.12. The maximum atomic E-state index is 14.1. The molecule has 1 aliphatic heterocycles. The number of hydrogen-bond donors (Lipinski definition) is 0. The summed E-state index contributed by atoms with van der Waals surface area (Å²) in [6.45, 7) is 4.55.